The van der Waals surface area contributed by atoms with E-state index in [-0.39, 0.29) is 16.1 Å². The molecule has 0 saturated carbocycles. The highest BCUT2D eigenvalue weighted by atomic mass is 32.2. The molecule has 5 rings (SSSR count). The minimum Gasteiger partial charge on any atom is -0.268 e. The number of thioether (sulfide) groups is 1. The largest absolute Gasteiger partial charge is 0.268 e. The van der Waals surface area contributed by atoms with Crippen LogP contribution >= 0.6 is 23.1 Å². The fourth-order valence-electron chi connectivity index (χ4n) is 4.47. The average molecular weight is 544 g/mol. The lowest BCUT2D eigenvalue weighted by Gasteiger charge is -2.18. The Labute approximate surface area is 217 Å². The van der Waals surface area contributed by atoms with Crippen LogP contribution in [-0.4, -0.2) is 36.4 Å². The quantitative estimate of drug-likeness (QED) is 0.245. The summed E-state index contributed by atoms with van der Waals surface area (Å²) >= 11 is 2.84. The number of hydrogen-bond donors (Lipinski definition) is 0. The van der Waals surface area contributed by atoms with Crippen molar-refractivity contribution in [2.24, 2.45) is 5.92 Å². The molecule has 10 heteroatoms. The van der Waals surface area contributed by atoms with Crippen LogP contribution in [-0.2, 0) is 28.6 Å². The fourth-order valence-corrected chi connectivity index (χ4v) is 7.81. The van der Waals surface area contributed by atoms with E-state index < -0.39 is 15.8 Å². The summed E-state index contributed by atoms with van der Waals surface area (Å²) in [5.74, 6) is 0.420. The molecule has 36 heavy (non-hydrogen) atoms. The molecule has 2 heterocycles. The van der Waals surface area contributed by atoms with Gasteiger partial charge in [0, 0.05) is 24.7 Å². The molecule has 1 aliphatic rings. The second kappa shape index (κ2) is 9.74. The second-order valence-corrected chi connectivity index (χ2v) is 13.4. The first-order valence-electron chi connectivity index (χ1n) is 11.6. The molecule has 6 nitrogen and oxygen atoms in total. The van der Waals surface area contributed by atoms with Crippen LogP contribution < -0.4 is 5.56 Å². The van der Waals surface area contributed by atoms with E-state index in [0.717, 1.165) is 30.4 Å². The summed E-state index contributed by atoms with van der Waals surface area (Å²) < 4.78 is 42.6. The molecule has 0 N–H and O–H groups in total. The van der Waals surface area contributed by atoms with Gasteiger partial charge in [-0.3, -0.25) is 9.36 Å². The molecule has 1 atom stereocenters. The van der Waals surface area contributed by atoms with Crippen molar-refractivity contribution in [2.75, 3.05) is 14.1 Å². The monoisotopic (exact) mass is 543 g/mol. The van der Waals surface area contributed by atoms with Gasteiger partial charge in [-0.1, -0.05) is 43.0 Å². The van der Waals surface area contributed by atoms with Crippen molar-refractivity contribution in [2.45, 2.75) is 42.0 Å². The number of sulfonamides is 1. The zero-order chi connectivity index (χ0) is 25.6. The Bertz CT molecular complexity index is 1630. The molecule has 0 radical (unpaired) electrons. The molecule has 0 unspecified atom stereocenters. The van der Waals surface area contributed by atoms with Gasteiger partial charge in [-0.2, -0.15) is 0 Å². The fraction of sp³-hybridized carbons (Fsp3) is 0.308. The van der Waals surface area contributed by atoms with Crippen molar-refractivity contribution in [3.05, 3.63) is 80.7 Å². The maximum atomic E-state index is 14.9. The van der Waals surface area contributed by atoms with Crippen LogP contribution in [0.4, 0.5) is 4.39 Å². The molecule has 0 aliphatic heterocycles. The van der Waals surface area contributed by atoms with Gasteiger partial charge in [-0.25, -0.2) is 22.1 Å². The molecular weight excluding hydrogens is 518 g/mol. The standard InChI is InChI=1S/C26H26FN3O3S3/c1-16-11-12-19-22(13-16)35-24-23(19)25(31)30(21-10-5-4-9-20(21)27)26(28-24)34-15-17-7-6-8-18(14-17)36(32,33)29(2)3/h4-10,14,16H,11-13,15H2,1-3H3/t16-/m1/s1. The second-order valence-electron chi connectivity index (χ2n) is 9.24. The van der Waals surface area contributed by atoms with Gasteiger partial charge >= 0.3 is 0 Å². The van der Waals surface area contributed by atoms with E-state index in [2.05, 4.69) is 6.92 Å². The van der Waals surface area contributed by atoms with Crippen molar-refractivity contribution >= 4 is 43.3 Å². The van der Waals surface area contributed by atoms with Gasteiger partial charge in [-0.05, 0) is 60.6 Å². The molecule has 0 spiro atoms. The summed E-state index contributed by atoms with van der Waals surface area (Å²) in [4.78, 5) is 20.8. The van der Waals surface area contributed by atoms with Crippen LogP contribution in [0.15, 0.2) is 63.4 Å². The SMILES string of the molecule is C[C@@H]1CCc2c(sc3nc(SCc4cccc(S(=O)(=O)N(C)C)c4)n(-c4ccccc4F)c(=O)c23)C1. The smallest absolute Gasteiger partial charge is 0.267 e. The summed E-state index contributed by atoms with van der Waals surface area (Å²) in [7, 11) is -0.595. The van der Waals surface area contributed by atoms with E-state index in [1.807, 2.05) is 6.07 Å². The molecular formula is C26H26FN3O3S3. The van der Waals surface area contributed by atoms with E-state index >= 15 is 0 Å². The Kier molecular flexibility index (Phi) is 6.80. The zero-order valence-electron chi connectivity index (χ0n) is 20.2. The molecule has 4 aromatic rings. The predicted octanol–water partition coefficient (Wildman–Crippen LogP) is 5.25. The van der Waals surface area contributed by atoms with Crippen molar-refractivity contribution in [1.82, 2.24) is 13.9 Å². The highest BCUT2D eigenvalue weighted by Gasteiger charge is 2.26. The molecule has 0 fully saturated rings. The van der Waals surface area contributed by atoms with E-state index in [4.69, 9.17) is 4.98 Å². The number of nitrogens with zero attached hydrogens (tertiary/aromatic N) is 3. The minimum absolute atomic E-state index is 0.160. The number of benzene rings is 2. The van der Waals surface area contributed by atoms with Crippen molar-refractivity contribution in [3.8, 4) is 5.69 Å². The van der Waals surface area contributed by atoms with Gasteiger partial charge in [0.05, 0.1) is 16.0 Å². The van der Waals surface area contributed by atoms with E-state index in [0.29, 0.717) is 27.0 Å². The highest BCUT2D eigenvalue weighted by molar-refractivity contribution is 7.98. The lowest BCUT2D eigenvalue weighted by molar-refractivity contribution is 0.509. The number of aromatic nitrogens is 2. The zero-order valence-corrected chi connectivity index (χ0v) is 22.6. The molecule has 0 bridgehead atoms. The third-order valence-corrected chi connectivity index (χ3v) is 10.4. The van der Waals surface area contributed by atoms with Crippen LogP contribution in [0.2, 0.25) is 0 Å². The summed E-state index contributed by atoms with van der Waals surface area (Å²) in [6.45, 7) is 2.21. The van der Waals surface area contributed by atoms with Gasteiger partial charge in [0.15, 0.2) is 5.16 Å². The Balaban J connectivity index is 1.61. The van der Waals surface area contributed by atoms with Gasteiger partial charge in [0.25, 0.3) is 5.56 Å². The van der Waals surface area contributed by atoms with Crippen LogP contribution in [0.25, 0.3) is 15.9 Å². The van der Waals surface area contributed by atoms with E-state index in [9.17, 15) is 17.6 Å². The third-order valence-electron chi connectivity index (χ3n) is 6.44. The number of thiophene rings is 1. The number of hydrogen-bond acceptors (Lipinski definition) is 6. The van der Waals surface area contributed by atoms with Crippen molar-refractivity contribution in [1.29, 1.82) is 0 Å². The lowest BCUT2D eigenvalue weighted by atomic mass is 9.89. The first-order chi connectivity index (χ1) is 17.2. The number of rotatable bonds is 6. The normalized spacial score (nSPS) is 16.0. The van der Waals surface area contributed by atoms with Crippen LogP contribution in [0, 0.1) is 11.7 Å². The van der Waals surface area contributed by atoms with E-state index in [1.54, 1.807) is 47.7 Å². The summed E-state index contributed by atoms with van der Waals surface area (Å²) in [6, 6.07) is 12.9. The number of fused-ring (bicyclic) bond motifs is 3. The first kappa shape index (κ1) is 25.1. The molecule has 188 valence electrons. The molecule has 2 aromatic carbocycles. The van der Waals surface area contributed by atoms with Gasteiger partial charge < -0.3 is 0 Å². The van der Waals surface area contributed by atoms with Crippen LogP contribution in [0.1, 0.15) is 29.3 Å². The molecule has 0 saturated heterocycles. The Morgan fingerprint density at radius 2 is 1.97 bits per heavy atom. The van der Waals surface area contributed by atoms with Gasteiger partial charge in [0.2, 0.25) is 10.0 Å². The molecule has 1 aliphatic carbocycles. The topological polar surface area (TPSA) is 72.3 Å². The molecule has 2 aromatic heterocycles. The Morgan fingerprint density at radius 3 is 2.72 bits per heavy atom. The molecule has 0 amide bonds. The number of aryl methyl sites for hydroxylation is 1. The van der Waals surface area contributed by atoms with Gasteiger partial charge in [-0.15, -0.1) is 11.3 Å². The Hall–Kier alpha value is -2.53. The highest BCUT2D eigenvalue weighted by Crippen LogP contribution is 2.37. The maximum Gasteiger partial charge on any atom is 0.267 e. The summed E-state index contributed by atoms with van der Waals surface area (Å²) in [5, 5.41) is 0.971. The summed E-state index contributed by atoms with van der Waals surface area (Å²) in [6.07, 6.45) is 2.76. The third kappa shape index (κ3) is 4.51. The van der Waals surface area contributed by atoms with Crippen LogP contribution in [0.3, 0.4) is 0 Å². The number of para-hydroxylation sites is 1. The maximum absolute atomic E-state index is 14.9. The minimum atomic E-state index is -3.58. The van der Waals surface area contributed by atoms with Crippen LogP contribution in [0.5, 0.6) is 0 Å². The van der Waals surface area contributed by atoms with Crippen molar-refractivity contribution in [3.63, 3.8) is 0 Å². The van der Waals surface area contributed by atoms with Crippen molar-refractivity contribution < 1.29 is 12.8 Å². The van der Waals surface area contributed by atoms with Gasteiger partial charge in [0.1, 0.15) is 10.6 Å². The van der Waals surface area contributed by atoms with E-state index in [1.165, 1.54) is 45.7 Å². The lowest BCUT2D eigenvalue weighted by Crippen LogP contribution is -2.23. The average Bonchev–Trinajstić information content (AvgIpc) is 3.21. The first-order valence-corrected chi connectivity index (χ1v) is 14.9. The predicted molar refractivity (Wildman–Crippen MR) is 143 cm³/mol. The summed E-state index contributed by atoms with van der Waals surface area (Å²) in [5.41, 5.74) is 1.71. The number of halogens is 1. The Morgan fingerprint density at radius 1 is 1.19 bits per heavy atom.